The molecule has 0 spiro atoms. The van der Waals surface area contributed by atoms with Crippen molar-refractivity contribution in [2.75, 3.05) is 6.61 Å². The van der Waals surface area contributed by atoms with Gasteiger partial charge in [0.15, 0.2) is 6.61 Å². The predicted octanol–water partition coefficient (Wildman–Crippen LogP) is 3.37. The Kier molecular flexibility index (Phi) is 8.99. The molecule has 3 rings (SSSR count). The molecule has 2 atom stereocenters. The van der Waals surface area contributed by atoms with E-state index >= 15 is 0 Å². The number of amides is 2. The lowest BCUT2D eigenvalue weighted by molar-refractivity contribution is -0.141. The van der Waals surface area contributed by atoms with E-state index in [0.717, 1.165) is 16.7 Å². The first-order chi connectivity index (χ1) is 17.6. The third-order valence-electron chi connectivity index (χ3n) is 5.73. The number of carbonyl (C=O) groups excluding carboxylic acids is 2. The van der Waals surface area contributed by atoms with E-state index in [2.05, 4.69) is 5.32 Å². The zero-order chi connectivity index (χ0) is 26.9. The van der Waals surface area contributed by atoms with E-state index in [4.69, 9.17) is 10.5 Å². The number of hydrogen-bond donors (Lipinski definition) is 4. The van der Waals surface area contributed by atoms with Gasteiger partial charge in [0.25, 0.3) is 11.8 Å². The van der Waals surface area contributed by atoms with Crippen molar-refractivity contribution in [1.29, 1.82) is 0 Å². The number of aliphatic carboxylic acids is 1. The van der Waals surface area contributed by atoms with E-state index in [1.54, 1.807) is 6.92 Å². The molecule has 3 aromatic carbocycles. The van der Waals surface area contributed by atoms with Crippen LogP contribution in [0.15, 0.2) is 72.8 Å². The van der Waals surface area contributed by atoms with Gasteiger partial charge in [0, 0.05) is 11.6 Å². The summed E-state index contributed by atoms with van der Waals surface area (Å²) < 4.78 is 5.20. The van der Waals surface area contributed by atoms with Crippen molar-refractivity contribution < 1.29 is 34.1 Å². The monoisotopic (exact) mass is 504 g/mol. The van der Waals surface area contributed by atoms with Crippen LogP contribution in [0.25, 0.3) is 11.1 Å². The summed E-state index contributed by atoms with van der Waals surface area (Å²) in [6, 6.07) is 20.7. The largest absolute Gasteiger partial charge is 0.484 e. The SMILES string of the molecule is C[C@H](C[C@@H](Cc1ccc(-c2ccccc2)cc1)NC(=O)c1cc(OCC(N)=O)cc(C(=O)O)c1)C(=O)O. The van der Waals surface area contributed by atoms with E-state index in [9.17, 15) is 29.4 Å². The van der Waals surface area contributed by atoms with Gasteiger partial charge in [-0.1, -0.05) is 61.5 Å². The topological polar surface area (TPSA) is 156 Å². The van der Waals surface area contributed by atoms with Crippen molar-refractivity contribution in [2.45, 2.75) is 25.8 Å². The van der Waals surface area contributed by atoms with Crippen molar-refractivity contribution in [2.24, 2.45) is 11.7 Å². The van der Waals surface area contributed by atoms with E-state index in [1.807, 2.05) is 54.6 Å². The summed E-state index contributed by atoms with van der Waals surface area (Å²) >= 11 is 0. The standard InChI is InChI=1S/C28H28N2O7/c1-17(27(33)34)11-23(12-18-7-9-20(10-8-18)19-5-3-2-4-6-19)30-26(32)21-13-22(28(35)36)15-24(14-21)37-16-25(29)31/h2-10,13-15,17,23H,11-12,16H2,1H3,(H2,29,31)(H,30,32)(H,33,34)(H,35,36)/t17-,23+/m1/s1. The number of ether oxygens (including phenoxy) is 1. The summed E-state index contributed by atoms with van der Waals surface area (Å²) in [7, 11) is 0. The van der Waals surface area contributed by atoms with Crippen LogP contribution < -0.4 is 15.8 Å². The molecule has 2 amide bonds. The van der Waals surface area contributed by atoms with Gasteiger partial charge in [-0.3, -0.25) is 14.4 Å². The van der Waals surface area contributed by atoms with Crippen LogP contribution in [0.2, 0.25) is 0 Å². The second-order valence-electron chi connectivity index (χ2n) is 8.72. The lowest BCUT2D eigenvalue weighted by atomic mass is 9.94. The molecule has 0 fully saturated rings. The summed E-state index contributed by atoms with van der Waals surface area (Å²) in [4.78, 5) is 47.2. The van der Waals surface area contributed by atoms with Gasteiger partial charge in [0.05, 0.1) is 11.5 Å². The molecule has 0 radical (unpaired) electrons. The van der Waals surface area contributed by atoms with Crippen molar-refractivity contribution in [3.8, 4) is 16.9 Å². The molecule has 0 aromatic heterocycles. The molecule has 37 heavy (non-hydrogen) atoms. The van der Waals surface area contributed by atoms with Crippen molar-refractivity contribution in [1.82, 2.24) is 5.32 Å². The minimum Gasteiger partial charge on any atom is -0.484 e. The number of nitrogens with two attached hydrogens (primary N) is 1. The number of benzene rings is 3. The molecule has 0 saturated heterocycles. The lowest BCUT2D eigenvalue weighted by Crippen LogP contribution is -2.38. The van der Waals surface area contributed by atoms with Crippen molar-refractivity contribution >= 4 is 23.8 Å². The zero-order valence-corrected chi connectivity index (χ0v) is 20.2. The molecule has 192 valence electrons. The number of carbonyl (C=O) groups is 4. The van der Waals surface area contributed by atoms with Crippen LogP contribution in [-0.4, -0.2) is 46.6 Å². The number of carboxylic acid groups (broad SMARTS) is 2. The third kappa shape index (κ3) is 7.93. The van der Waals surface area contributed by atoms with Gasteiger partial charge >= 0.3 is 11.9 Å². The van der Waals surface area contributed by atoms with Crippen LogP contribution in [0.1, 0.15) is 39.6 Å². The molecule has 0 aliphatic rings. The van der Waals surface area contributed by atoms with Crippen LogP contribution in [0.5, 0.6) is 5.75 Å². The summed E-state index contributed by atoms with van der Waals surface area (Å²) in [5.41, 5.74) is 7.85. The van der Waals surface area contributed by atoms with Crippen molar-refractivity contribution in [3.05, 3.63) is 89.5 Å². The number of carboxylic acids is 2. The maximum Gasteiger partial charge on any atom is 0.335 e. The first-order valence-corrected chi connectivity index (χ1v) is 11.6. The number of nitrogens with one attached hydrogen (secondary N) is 1. The van der Waals surface area contributed by atoms with Gasteiger partial charge in [-0.05, 0) is 47.7 Å². The van der Waals surface area contributed by atoms with Gasteiger partial charge in [0.1, 0.15) is 5.75 Å². The average Bonchev–Trinajstić information content (AvgIpc) is 2.88. The zero-order valence-electron chi connectivity index (χ0n) is 20.2. The van der Waals surface area contributed by atoms with E-state index in [1.165, 1.54) is 18.2 Å². The van der Waals surface area contributed by atoms with Gasteiger partial charge in [-0.15, -0.1) is 0 Å². The van der Waals surface area contributed by atoms with Crippen LogP contribution in [0.3, 0.4) is 0 Å². The van der Waals surface area contributed by atoms with Crippen LogP contribution in [-0.2, 0) is 16.0 Å². The Bertz CT molecular complexity index is 1270. The maximum absolute atomic E-state index is 13.1. The highest BCUT2D eigenvalue weighted by Crippen LogP contribution is 2.22. The molecule has 0 aliphatic heterocycles. The van der Waals surface area contributed by atoms with E-state index in [-0.39, 0.29) is 23.3 Å². The van der Waals surface area contributed by atoms with E-state index in [0.29, 0.717) is 6.42 Å². The van der Waals surface area contributed by atoms with E-state index < -0.39 is 42.3 Å². The number of aromatic carboxylic acids is 1. The minimum atomic E-state index is -1.28. The first-order valence-electron chi connectivity index (χ1n) is 11.6. The molecule has 0 heterocycles. The Labute approximate surface area is 213 Å². The Morgan fingerprint density at radius 1 is 0.892 bits per heavy atom. The number of primary amides is 1. The van der Waals surface area contributed by atoms with Crippen LogP contribution >= 0.6 is 0 Å². The Balaban J connectivity index is 1.82. The van der Waals surface area contributed by atoms with Crippen LogP contribution in [0, 0.1) is 5.92 Å². The quantitative estimate of drug-likeness (QED) is 0.295. The van der Waals surface area contributed by atoms with Gasteiger partial charge < -0.3 is 26.0 Å². The highest BCUT2D eigenvalue weighted by molar-refractivity contribution is 5.98. The fourth-order valence-corrected chi connectivity index (χ4v) is 3.83. The molecule has 0 bridgehead atoms. The fourth-order valence-electron chi connectivity index (χ4n) is 3.83. The lowest BCUT2D eigenvalue weighted by Gasteiger charge is -2.21. The second kappa shape index (κ2) is 12.3. The second-order valence-corrected chi connectivity index (χ2v) is 8.72. The summed E-state index contributed by atoms with van der Waals surface area (Å²) in [6.07, 6.45) is 0.521. The number of rotatable bonds is 12. The summed E-state index contributed by atoms with van der Waals surface area (Å²) in [5, 5.41) is 21.7. The average molecular weight is 505 g/mol. The highest BCUT2D eigenvalue weighted by Gasteiger charge is 2.22. The molecule has 0 aliphatic carbocycles. The smallest absolute Gasteiger partial charge is 0.335 e. The Morgan fingerprint density at radius 3 is 2.11 bits per heavy atom. The molecular weight excluding hydrogens is 476 g/mol. The Hall–Kier alpha value is -4.66. The molecular formula is C28H28N2O7. The van der Waals surface area contributed by atoms with Gasteiger partial charge in [0.2, 0.25) is 0 Å². The normalized spacial score (nSPS) is 12.2. The van der Waals surface area contributed by atoms with Crippen LogP contribution in [0.4, 0.5) is 0 Å². The molecule has 5 N–H and O–H groups in total. The summed E-state index contributed by atoms with van der Waals surface area (Å²) in [6.45, 7) is 1.07. The van der Waals surface area contributed by atoms with Gasteiger partial charge in [-0.25, -0.2) is 4.79 Å². The molecule has 9 heteroatoms. The molecule has 3 aromatic rings. The Morgan fingerprint density at radius 2 is 1.51 bits per heavy atom. The first kappa shape index (κ1) is 26.9. The molecule has 0 unspecified atom stereocenters. The third-order valence-corrected chi connectivity index (χ3v) is 5.73. The number of hydrogen-bond acceptors (Lipinski definition) is 5. The maximum atomic E-state index is 13.1. The minimum absolute atomic E-state index is 0.00388. The van der Waals surface area contributed by atoms with Crippen molar-refractivity contribution in [3.63, 3.8) is 0 Å². The highest BCUT2D eigenvalue weighted by atomic mass is 16.5. The fraction of sp³-hybridized carbons (Fsp3) is 0.214. The molecule has 0 saturated carbocycles. The molecule has 9 nitrogen and oxygen atoms in total. The predicted molar refractivity (Wildman–Crippen MR) is 136 cm³/mol. The van der Waals surface area contributed by atoms with Gasteiger partial charge in [-0.2, -0.15) is 0 Å². The summed E-state index contributed by atoms with van der Waals surface area (Å²) in [5.74, 6) is -4.37.